The Kier molecular flexibility index (Phi) is 5.23. The molecule has 1 aliphatic carbocycles. The highest BCUT2D eigenvalue weighted by molar-refractivity contribution is 5.11. The van der Waals surface area contributed by atoms with E-state index in [-0.39, 0.29) is 6.10 Å². The van der Waals surface area contributed by atoms with E-state index in [1.165, 1.54) is 0 Å². The summed E-state index contributed by atoms with van der Waals surface area (Å²) in [6.45, 7) is 4.00. The van der Waals surface area contributed by atoms with Crippen LogP contribution < -0.4 is 0 Å². The zero-order chi connectivity index (χ0) is 7.11. The van der Waals surface area contributed by atoms with Crippen molar-refractivity contribution >= 4 is 0 Å². The predicted molar refractivity (Wildman–Crippen MR) is 40.3 cm³/mol. The van der Waals surface area contributed by atoms with E-state index in [1.54, 1.807) is 6.08 Å². The molecule has 0 fully saturated rings. The fraction of sp³-hybridized carbons (Fsp3) is 0.500. The monoisotopic (exact) mass is 126 g/mol. The number of rotatable bonds is 0. The molecule has 9 heavy (non-hydrogen) atoms. The summed E-state index contributed by atoms with van der Waals surface area (Å²) in [5.74, 6) is 0. The first-order valence-corrected chi connectivity index (χ1v) is 3.41. The molecule has 0 radical (unpaired) electrons. The first kappa shape index (κ1) is 8.44. The lowest BCUT2D eigenvalue weighted by atomic mass is 10.1. The van der Waals surface area contributed by atoms with E-state index in [1.807, 2.05) is 32.1 Å². The third kappa shape index (κ3) is 3.98. The van der Waals surface area contributed by atoms with E-state index in [0.29, 0.717) is 0 Å². The summed E-state index contributed by atoms with van der Waals surface area (Å²) in [4.78, 5) is 0. The zero-order valence-corrected chi connectivity index (χ0v) is 6.04. The molecule has 0 bridgehead atoms. The van der Waals surface area contributed by atoms with Crippen LogP contribution in [0.25, 0.3) is 0 Å². The van der Waals surface area contributed by atoms with Crippen LogP contribution in [0, 0.1) is 0 Å². The Bertz CT molecular complexity index is 103. The summed E-state index contributed by atoms with van der Waals surface area (Å²) in [6, 6.07) is 0. The zero-order valence-electron chi connectivity index (χ0n) is 6.04. The van der Waals surface area contributed by atoms with Gasteiger partial charge in [0.25, 0.3) is 0 Å². The molecule has 1 rings (SSSR count). The van der Waals surface area contributed by atoms with E-state index >= 15 is 0 Å². The Balaban J connectivity index is 0.000000291. The number of aliphatic hydroxyl groups is 1. The van der Waals surface area contributed by atoms with Gasteiger partial charge in [0.15, 0.2) is 0 Å². The molecule has 0 aromatic carbocycles. The van der Waals surface area contributed by atoms with Gasteiger partial charge in [-0.3, -0.25) is 0 Å². The number of aliphatic hydroxyl groups excluding tert-OH is 1. The van der Waals surface area contributed by atoms with E-state index in [0.717, 1.165) is 6.42 Å². The van der Waals surface area contributed by atoms with Crippen LogP contribution in [0.15, 0.2) is 24.3 Å². The molecule has 1 nitrogen and oxygen atoms in total. The fourth-order valence-corrected chi connectivity index (χ4v) is 0.568. The van der Waals surface area contributed by atoms with E-state index in [2.05, 4.69) is 0 Å². The third-order valence-electron chi connectivity index (χ3n) is 0.958. The van der Waals surface area contributed by atoms with Crippen molar-refractivity contribution in [1.82, 2.24) is 0 Å². The van der Waals surface area contributed by atoms with Crippen LogP contribution in [0.3, 0.4) is 0 Å². The smallest absolute Gasteiger partial charge is 0.0758 e. The Morgan fingerprint density at radius 3 is 2.22 bits per heavy atom. The highest BCUT2D eigenvalue weighted by Crippen LogP contribution is 2.00. The van der Waals surface area contributed by atoms with Gasteiger partial charge >= 0.3 is 0 Å². The van der Waals surface area contributed by atoms with Crippen LogP contribution in [-0.4, -0.2) is 11.2 Å². The fourth-order valence-electron chi connectivity index (χ4n) is 0.568. The number of hydrogen-bond acceptors (Lipinski definition) is 1. The second-order valence-electron chi connectivity index (χ2n) is 1.62. The van der Waals surface area contributed by atoms with Crippen molar-refractivity contribution in [2.45, 2.75) is 26.4 Å². The molecule has 0 unspecified atom stereocenters. The van der Waals surface area contributed by atoms with Gasteiger partial charge in [-0.05, 0) is 6.42 Å². The normalized spacial score (nSPS) is 22.8. The molecule has 0 aromatic heterocycles. The molecule has 1 heteroatoms. The van der Waals surface area contributed by atoms with Gasteiger partial charge in [-0.25, -0.2) is 0 Å². The summed E-state index contributed by atoms with van der Waals surface area (Å²) in [6.07, 6.45) is 8.06. The first-order valence-electron chi connectivity index (χ1n) is 3.41. The van der Waals surface area contributed by atoms with Gasteiger partial charge in [-0.1, -0.05) is 38.2 Å². The summed E-state index contributed by atoms with van der Waals surface area (Å²) in [7, 11) is 0. The Labute approximate surface area is 56.7 Å². The molecule has 1 aliphatic rings. The minimum atomic E-state index is -0.231. The van der Waals surface area contributed by atoms with Gasteiger partial charge in [0.05, 0.1) is 6.10 Å². The Morgan fingerprint density at radius 2 is 2.00 bits per heavy atom. The summed E-state index contributed by atoms with van der Waals surface area (Å²) in [5.41, 5.74) is 0. The lowest BCUT2D eigenvalue weighted by Crippen LogP contribution is -2.00. The lowest BCUT2D eigenvalue weighted by molar-refractivity contribution is 0.225. The van der Waals surface area contributed by atoms with Crippen LogP contribution in [-0.2, 0) is 0 Å². The number of allylic oxidation sites excluding steroid dienone is 2. The molecule has 1 N–H and O–H groups in total. The molecule has 0 spiro atoms. The Morgan fingerprint density at radius 1 is 1.33 bits per heavy atom. The van der Waals surface area contributed by atoms with Crippen molar-refractivity contribution in [2.75, 3.05) is 0 Å². The molecule has 0 saturated carbocycles. The topological polar surface area (TPSA) is 20.2 Å². The number of hydrogen-bond donors (Lipinski definition) is 1. The summed E-state index contributed by atoms with van der Waals surface area (Å²) >= 11 is 0. The molecule has 52 valence electrons. The van der Waals surface area contributed by atoms with Gasteiger partial charge in [0.2, 0.25) is 0 Å². The first-order chi connectivity index (χ1) is 4.39. The molecule has 0 saturated heterocycles. The highest BCUT2D eigenvalue weighted by atomic mass is 16.3. The second kappa shape index (κ2) is 5.57. The van der Waals surface area contributed by atoms with Gasteiger partial charge < -0.3 is 5.11 Å². The second-order valence-corrected chi connectivity index (χ2v) is 1.62. The molecular formula is C8H14O. The van der Waals surface area contributed by atoms with E-state index in [4.69, 9.17) is 5.11 Å². The van der Waals surface area contributed by atoms with Gasteiger partial charge in [0.1, 0.15) is 0 Å². The van der Waals surface area contributed by atoms with Crippen molar-refractivity contribution in [1.29, 1.82) is 0 Å². The molecule has 0 heterocycles. The molecule has 0 aromatic rings. The maximum Gasteiger partial charge on any atom is 0.0758 e. The summed E-state index contributed by atoms with van der Waals surface area (Å²) < 4.78 is 0. The van der Waals surface area contributed by atoms with Crippen molar-refractivity contribution in [3.05, 3.63) is 24.3 Å². The lowest BCUT2D eigenvalue weighted by Gasteiger charge is -2.01. The van der Waals surface area contributed by atoms with Crippen molar-refractivity contribution in [3.63, 3.8) is 0 Å². The van der Waals surface area contributed by atoms with Crippen LogP contribution in [0.2, 0.25) is 0 Å². The minimum absolute atomic E-state index is 0.231. The van der Waals surface area contributed by atoms with Crippen LogP contribution in [0.5, 0.6) is 0 Å². The van der Waals surface area contributed by atoms with Gasteiger partial charge in [0, 0.05) is 0 Å². The maximum absolute atomic E-state index is 8.77. The third-order valence-corrected chi connectivity index (χ3v) is 0.958. The minimum Gasteiger partial charge on any atom is -0.389 e. The average molecular weight is 126 g/mol. The SMILES string of the molecule is CC.O[C@H]1C=CC=CC1. The van der Waals surface area contributed by atoms with Crippen molar-refractivity contribution < 1.29 is 5.11 Å². The predicted octanol–water partition coefficient (Wildman–Crippen LogP) is 1.89. The van der Waals surface area contributed by atoms with Crippen molar-refractivity contribution in [2.24, 2.45) is 0 Å². The molecule has 1 atom stereocenters. The standard InChI is InChI=1S/C6H8O.C2H6/c7-6-4-2-1-3-5-6;1-2/h1-4,6-7H,5H2;1-2H3/t6-;/m0./s1. The van der Waals surface area contributed by atoms with Crippen LogP contribution in [0.1, 0.15) is 20.3 Å². The quantitative estimate of drug-likeness (QED) is 0.525. The Hall–Kier alpha value is -0.560. The average Bonchev–Trinajstić information content (AvgIpc) is 1.94. The largest absolute Gasteiger partial charge is 0.389 e. The van der Waals surface area contributed by atoms with E-state index < -0.39 is 0 Å². The molecular weight excluding hydrogens is 112 g/mol. The van der Waals surface area contributed by atoms with Gasteiger partial charge in [-0.15, -0.1) is 0 Å². The molecule has 0 amide bonds. The van der Waals surface area contributed by atoms with Crippen molar-refractivity contribution in [3.8, 4) is 0 Å². The highest BCUT2D eigenvalue weighted by Gasteiger charge is 1.95. The van der Waals surface area contributed by atoms with Gasteiger partial charge in [-0.2, -0.15) is 0 Å². The van der Waals surface area contributed by atoms with Crippen LogP contribution >= 0.6 is 0 Å². The molecule has 0 aliphatic heterocycles. The maximum atomic E-state index is 8.77. The van der Waals surface area contributed by atoms with E-state index in [9.17, 15) is 0 Å². The summed E-state index contributed by atoms with van der Waals surface area (Å²) in [5, 5.41) is 8.77. The van der Waals surface area contributed by atoms with Crippen LogP contribution in [0.4, 0.5) is 0 Å².